The van der Waals surface area contributed by atoms with Crippen LogP contribution in [-0.2, 0) is 0 Å². The molecule has 0 amide bonds. The Balaban J connectivity index is 1.55. The van der Waals surface area contributed by atoms with E-state index in [-0.39, 0.29) is 0 Å². The minimum absolute atomic E-state index is 0.819. The molecular formula is C23H37N. The van der Waals surface area contributed by atoms with Crippen molar-refractivity contribution in [2.45, 2.75) is 89.5 Å². The van der Waals surface area contributed by atoms with Gasteiger partial charge < -0.3 is 5.32 Å². The number of nitrogens with one attached hydrogen (secondary N) is 1. The van der Waals surface area contributed by atoms with Gasteiger partial charge in [-0.25, -0.2) is 0 Å². The van der Waals surface area contributed by atoms with E-state index in [0.29, 0.717) is 0 Å². The van der Waals surface area contributed by atoms with Gasteiger partial charge in [0.1, 0.15) is 0 Å². The summed E-state index contributed by atoms with van der Waals surface area (Å²) in [5.74, 6) is 7.66. The first-order chi connectivity index (χ1) is 11.9. The van der Waals surface area contributed by atoms with Crippen LogP contribution in [0.15, 0.2) is 0 Å². The Hall–Kier alpha value is -0.0400. The summed E-state index contributed by atoms with van der Waals surface area (Å²) < 4.78 is 0. The molecule has 1 heterocycles. The Morgan fingerprint density at radius 1 is 0.542 bits per heavy atom. The van der Waals surface area contributed by atoms with Crippen LogP contribution in [0.4, 0.5) is 0 Å². The molecule has 1 nitrogen and oxygen atoms in total. The van der Waals surface area contributed by atoms with Crippen LogP contribution in [0.25, 0.3) is 0 Å². The molecule has 24 heavy (non-hydrogen) atoms. The lowest BCUT2D eigenvalue weighted by Crippen LogP contribution is -2.62. The van der Waals surface area contributed by atoms with E-state index < -0.39 is 0 Å². The van der Waals surface area contributed by atoms with E-state index in [1.807, 2.05) is 0 Å². The molecular weight excluding hydrogens is 290 g/mol. The molecule has 1 spiro atoms. The van der Waals surface area contributed by atoms with Crippen LogP contribution < -0.4 is 5.32 Å². The van der Waals surface area contributed by atoms with Gasteiger partial charge >= 0.3 is 0 Å². The van der Waals surface area contributed by atoms with Crippen LogP contribution in [-0.4, -0.2) is 12.6 Å². The number of rotatable bonds is 0. The van der Waals surface area contributed by atoms with Crippen molar-refractivity contribution in [3.8, 4) is 0 Å². The lowest BCUT2D eigenvalue weighted by Gasteiger charge is -2.67. The summed E-state index contributed by atoms with van der Waals surface area (Å²) in [5, 5.41) is 4.12. The van der Waals surface area contributed by atoms with Gasteiger partial charge in [-0.2, -0.15) is 0 Å². The molecule has 134 valence electrons. The topological polar surface area (TPSA) is 12.0 Å². The highest BCUT2D eigenvalue weighted by molar-refractivity contribution is 5.14. The van der Waals surface area contributed by atoms with Crippen molar-refractivity contribution >= 4 is 0 Å². The fourth-order valence-corrected chi connectivity index (χ4v) is 9.62. The lowest BCUT2D eigenvalue weighted by molar-refractivity contribution is -0.176. The van der Waals surface area contributed by atoms with E-state index in [9.17, 15) is 0 Å². The predicted molar refractivity (Wildman–Crippen MR) is 98.7 cm³/mol. The fourth-order valence-electron chi connectivity index (χ4n) is 9.62. The van der Waals surface area contributed by atoms with Crippen molar-refractivity contribution in [2.75, 3.05) is 6.54 Å². The summed E-state index contributed by atoms with van der Waals surface area (Å²) in [6.45, 7) is 1.34. The fraction of sp³-hybridized carbons (Fsp3) is 1.00. The van der Waals surface area contributed by atoms with Crippen molar-refractivity contribution < 1.29 is 0 Å². The Labute approximate surface area is 148 Å². The molecule has 1 heteroatoms. The summed E-state index contributed by atoms with van der Waals surface area (Å²) >= 11 is 0. The summed E-state index contributed by atoms with van der Waals surface area (Å²) in [4.78, 5) is 0. The maximum atomic E-state index is 4.12. The van der Waals surface area contributed by atoms with Crippen molar-refractivity contribution in [1.29, 1.82) is 0 Å². The van der Waals surface area contributed by atoms with Gasteiger partial charge in [0.05, 0.1) is 0 Å². The van der Waals surface area contributed by atoms with Gasteiger partial charge in [-0.3, -0.25) is 0 Å². The first kappa shape index (κ1) is 15.1. The molecule has 6 saturated carbocycles. The van der Waals surface area contributed by atoms with Gasteiger partial charge in [-0.15, -0.1) is 0 Å². The monoisotopic (exact) mass is 327 g/mol. The summed E-state index contributed by atoms with van der Waals surface area (Å²) in [6, 6.07) is 0.882. The third kappa shape index (κ3) is 1.92. The van der Waals surface area contributed by atoms with E-state index in [2.05, 4.69) is 5.32 Å². The molecule has 1 saturated heterocycles. The minimum atomic E-state index is 0.819. The summed E-state index contributed by atoms with van der Waals surface area (Å²) in [6.07, 6.45) is 20.6. The van der Waals surface area contributed by atoms with Gasteiger partial charge in [-0.1, -0.05) is 19.3 Å². The molecule has 9 atom stereocenters. The predicted octanol–water partition coefficient (Wildman–Crippen LogP) is 5.40. The zero-order valence-electron chi connectivity index (χ0n) is 15.5. The van der Waals surface area contributed by atoms with Gasteiger partial charge in [0, 0.05) is 6.04 Å². The van der Waals surface area contributed by atoms with E-state index in [0.717, 1.165) is 52.9 Å². The quantitative estimate of drug-likeness (QED) is 0.628. The number of fused-ring (bicyclic) bond motifs is 4. The highest BCUT2D eigenvalue weighted by atomic mass is 14.9. The average molecular weight is 328 g/mol. The Kier molecular flexibility index (Phi) is 3.44. The summed E-state index contributed by atoms with van der Waals surface area (Å²) in [7, 11) is 0. The smallest absolute Gasteiger partial charge is 0.00982 e. The van der Waals surface area contributed by atoms with Crippen molar-refractivity contribution in [1.82, 2.24) is 5.32 Å². The maximum absolute atomic E-state index is 4.12. The normalized spacial score (nSPS) is 59.0. The molecule has 7 rings (SSSR count). The van der Waals surface area contributed by atoms with Crippen molar-refractivity contribution in [3.63, 3.8) is 0 Å². The van der Waals surface area contributed by atoms with Crippen LogP contribution in [0.1, 0.15) is 83.5 Å². The van der Waals surface area contributed by atoms with Crippen molar-refractivity contribution in [2.24, 2.45) is 46.8 Å². The summed E-state index contributed by atoms with van der Waals surface area (Å²) in [5.41, 5.74) is 0.819. The molecule has 7 fully saturated rings. The largest absolute Gasteiger partial charge is 0.314 e. The molecule has 0 aromatic carbocycles. The second kappa shape index (κ2) is 5.48. The number of hydrogen-bond donors (Lipinski definition) is 1. The van der Waals surface area contributed by atoms with Gasteiger partial charge in [-0.05, 0) is 118 Å². The van der Waals surface area contributed by atoms with Gasteiger partial charge in [0.2, 0.25) is 0 Å². The third-order valence-corrected chi connectivity index (χ3v) is 10.4. The van der Waals surface area contributed by atoms with Crippen LogP contribution in [0, 0.1) is 46.8 Å². The molecule has 0 radical (unpaired) electrons. The second-order valence-electron chi connectivity index (χ2n) is 10.8. The molecule has 1 N–H and O–H groups in total. The zero-order chi connectivity index (χ0) is 15.7. The Morgan fingerprint density at radius 2 is 1.25 bits per heavy atom. The zero-order valence-corrected chi connectivity index (χ0v) is 15.5. The molecule has 1 aliphatic heterocycles. The molecule has 9 unspecified atom stereocenters. The Bertz CT molecular complexity index is 500. The maximum Gasteiger partial charge on any atom is 0.00982 e. The standard InChI is InChI=1S/C23H37N/c1-2-4-18-14-22-17-6-8-19-12-16(15(3-1)11-17)5-7-20-13-21(9-10-24-22)23(18,19)20/h15-22,24H,1-14H2. The third-order valence-electron chi connectivity index (χ3n) is 10.4. The molecule has 0 aromatic heterocycles. The van der Waals surface area contributed by atoms with E-state index in [4.69, 9.17) is 0 Å². The second-order valence-corrected chi connectivity index (χ2v) is 10.8. The molecule has 7 bridgehead atoms. The van der Waals surface area contributed by atoms with Gasteiger partial charge in [0.15, 0.2) is 0 Å². The highest BCUT2D eigenvalue weighted by Crippen LogP contribution is 2.71. The minimum Gasteiger partial charge on any atom is -0.314 e. The highest BCUT2D eigenvalue weighted by Gasteiger charge is 2.64. The lowest BCUT2D eigenvalue weighted by atomic mass is 9.39. The van der Waals surface area contributed by atoms with Crippen LogP contribution in [0.5, 0.6) is 0 Å². The molecule has 0 aromatic rings. The van der Waals surface area contributed by atoms with E-state index in [1.54, 1.807) is 77.0 Å². The van der Waals surface area contributed by atoms with Crippen molar-refractivity contribution in [3.05, 3.63) is 0 Å². The molecule has 6 aliphatic carbocycles. The van der Waals surface area contributed by atoms with Crippen LogP contribution in [0.3, 0.4) is 0 Å². The number of hydrogen-bond acceptors (Lipinski definition) is 1. The van der Waals surface area contributed by atoms with Crippen LogP contribution >= 0.6 is 0 Å². The molecule has 7 aliphatic rings. The van der Waals surface area contributed by atoms with E-state index in [1.165, 1.54) is 13.0 Å². The SMILES string of the molecule is C1CCC2CC3NCCC4CC5CCC6CC(CCC3CC6C1)C245. The Morgan fingerprint density at radius 3 is 2.21 bits per heavy atom. The first-order valence-electron chi connectivity index (χ1n) is 11.6. The van der Waals surface area contributed by atoms with E-state index >= 15 is 0 Å². The van der Waals surface area contributed by atoms with Gasteiger partial charge in [0.25, 0.3) is 0 Å². The average Bonchev–Trinajstić information content (AvgIpc) is 2.68. The first-order valence-corrected chi connectivity index (χ1v) is 11.6. The van der Waals surface area contributed by atoms with Crippen LogP contribution in [0.2, 0.25) is 0 Å².